The number of nitrogens with one attached hydrogen (secondary N) is 2. The number of benzene rings is 1. The molecule has 2 heterocycles. The zero-order valence-corrected chi connectivity index (χ0v) is 11.2. The summed E-state index contributed by atoms with van der Waals surface area (Å²) in [4.78, 5) is 3.37. The highest BCUT2D eigenvalue weighted by Crippen LogP contribution is 2.44. The molecule has 0 spiro atoms. The van der Waals surface area contributed by atoms with Crippen molar-refractivity contribution in [3.63, 3.8) is 0 Å². The van der Waals surface area contributed by atoms with Crippen LogP contribution in [0.5, 0.6) is 0 Å². The smallest absolute Gasteiger partial charge is 0.0617 e. The molecule has 1 saturated heterocycles. The third-order valence-corrected chi connectivity index (χ3v) is 4.62. The molecule has 0 unspecified atom stereocenters. The lowest BCUT2D eigenvalue weighted by Gasteiger charge is -2.52. The number of ether oxygens (including phenoxy) is 1. The average Bonchev–Trinajstić information content (AvgIpc) is 2.72. The summed E-state index contributed by atoms with van der Waals surface area (Å²) in [5.41, 5.74) is 2.63. The molecule has 1 aromatic heterocycles. The van der Waals surface area contributed by atoms with Crippen molar-refractivity contribution in [2.45, 2.75) is 24.8 Å². The molecule has 0 radical (unpaired) electrons. The first-order chi connectivity index (χ1) is 8.61. The van der Waals surface area contributed by atoms with Gasteiger partial charge >= 0.3 is 0 Å². The summed E-state index contributed by atoms with van der Waals surface area (Å²) in [5, 5.41) is 4.75. The number of aromatic nitrogens is 1. The fraction of sp³-hybridized carbons (Fsp3) is 0.467. The SMILES string of the molecule is CNC(C)(C)C1(c2c[nH]c3ccccc23)COC1. The van der Waals surface area contributed by atoms with Gasteiger partial charge in [-0.1, -0.05) is 18.2 Å². The van der Waals surface area contributed by atoms with Crippen LogP contribution in [0.25, 0.3) is 10.9 Å². The van der Waals surface area contributed by atoms with E-state index in [1.807, 2.05) is 7.05 Å². The van der Waals surface area contributed by atoms with Gasteiger partial charge in [0.15, 0.2) is 0 Å². The molecule has 0 saturated carbocycles. The molecule has 1 aliphatic rings. The summed E-state index contributed by atoms with van der Waals surface area (Å²) in [6.45, 7) is 6.06. The molecule has 0 bridgehead atoms. The average molecular weight is 244 g/mol. The molecule has 1 aliphatic heterocycles. The van der Waals surface area contributed by atoms with Crippen LogP contribution in [0.1, 0.15) is 19.4 Å². The van der Waals surface area contributed by atoms with Crippen molar-refractivity contribution in [2.24, 2.45) is 0 Å². The maximum Gasteiger partial charge on any atom is 0.0617 e. The highest BCUT2D eigenvalue weighted by atomic mass is 16.5. The van der Waals surface area contributed by atoms with Gasteiger partial charge in [-0.2, -0.15) is 0 Å². The minimum atomic E-state index is 0.0101. The third kappa shape index (κ3) is 1.38. The summed E-state index contributed by atoms with van der Waals surface area (Å²) in [7, 11) is 2.02. The van der Waals surface area contributed by atoms with E-state index in [4.69, 9.17) is 4.74 Å². The van der Waals surface area contributed by atoms with Gasteiger partial charge in [0.2, 0.25) is 0 Å². The van der Waals surface area contributed by atoms with Crippen LogP contribution in [-0.2, 0) is 10.2 Å². The van der Waals surface area contributed by atoms with E-state index in [2.05, 4.69) is 54.6 Å². The molecule has 3 rings (SSSR count). The number of para-hydroxylation sites is 1. The third-order valence-electron chi connectivity index (χ3n) is 4.62. The first kappa shape index (κ1) is 11.8. The fourth-order valence-corrected chi connectivity index (χ4v) is 2.87. The lowest BCUT2D eigenvalue weighted by atomic mass is 9.65. The number of H-pyrrole nitrogens is 1. The molecule has 18 heavy (non-hydrogen) atoms. The Morgan fingerprint density at radius 3 is 2.61 bits per heavy atom. The van der Waals surface area contributed by atoms with Gasteiger partial charge in [-0.15, -0.1) is 0 Å². The first-order valence-electron chi connectivity index (χ1n) is 6.44. The minimum Gasteiger partial charge on any atom is -0.379 e. The molecule has 1 aromatic carbocycles. The molecule has 96 valence electrons. The second-order valence-corrected chi connectivity index (χ2v) is 5.70. The van der Waals surface area contributed by atoms with E-state index in [9.17, 15) is 0 Å². The van der Waals surface area contributed by atoms with Crippen molar-refractivity contribution in [3.05, 3.63) is 36.0 Å². The minimum absolute atomic E-state index is 0.0101. The zero-order valence-electron chi connectivity index (χ0n) is 11.2. The van der Waals surface area contributed by atoms with Crippen LogP contribution >= 0.6 is 0 Å². The van der Waals surface area contributed by atoms with Crippen molar-refractivity contribution in [3.8, 4) is 0 Å². The van der Waals surface area contributed by atoms with E-state index in [1.54, 1.807) is 0 Å². The quantitative estimate of drug-likeness (QED) is 0.870. The Bertz CT molecular complexity index is 567. The molecule has 2 aromatic rings. The van der Waals surface area contributed by atoms with Gasteiger partial charge in [0, 0.05) is 22.6 Å². The van der Waals surface area contributed by atoms with Crippen LogP contribution in [-0.4, -0.2) is 30.8 Å². The Morgan fingerprint density at radius 1 is 1.28 bits per heavy atom. The predicted molar refractivity (Wildman–Crippen MR) is 73.9 cm³/mol. The van der Waals surface area contributed by atoms with Crippen molar-refractivity contribution in [1.29, 1.82) is 0 Å². The molecule has 0 atom stereocenters. The number of rotatable bonds is 3. The number of hydrogen-bond acceptors (Lipinski definition) is 2. The van der Waals surface area contributed by atoms with Crippen LogP contribution in [0, 0.1) is 0 Å². The number of fused-ring (bicyclic) bond motifs is 1. The Morgan fingerprint density at radius 2 is 2.00 bits per heavy atom. The van der Waals surface area contributed by atoms with Gasteiger partial charge in [0.05, 0.1) is 18.6 Å². The predicted octanol–water partition coefficient (Wildman–Crippen LogP) is 2.43. The molecule has 2 N–H and O–H groups in total. The summed E-state index contributed by atoms with van der Waals surface area (Å²) >= 11 is 0. The summed E-state index contributed by atoms with van der Waals surface area (Å²) in [6.07, 6.45) is 2.15. The van der Waals surface area contributed by atoms with Crippen LogP contribution in [0.4, 0.5) is 0 Å². The second-order valence-electron chi connectivity index (χ2n) is 5.70. The largest absolute Gasteiger partial charge is 0.379 e. The lowest BCUT2D eigenvalue weighted by molar-refractivity contribution is -0.0983. The van der Waals surface area contributed by atoms with E-state index in [0.29, 0.717) is 0 Å². The summed E-state index contributed by atoms with van der Waals surface area (Å²) < 4.78 is 5.55. The molecule has 0 aliphatic carbocycles. The Labute approximate surface area is 108 Å². The topological polar surface area (TPSA) is 37.0 Å². The van der Waals surface area contributed by atoms with E-state index in [-0.39, 0.29) is 11.0 Å². The Kier molecular flexibility index (Phi) is 2.50. The van der Waals surface area contributed by atoms with Gasteiger partial charge in [-0.05, 0) is 32.5 Å². The maximum absolute atomic E-state index is 5.55. The lowest BCUT2D eigenvalue weighted by Crippen LogP contribution is -2.65. The Hall–Kier alpha value is -1.32. The van der Waals surface area contributed by atoms with Crippen molar-refractivity contribution < 1.29 is 4.74 Å². The fourth-order valence-electron chi connectivity index (χ4n) is 2.87. The number of aromatic amines is 1. The van der Waals surface area contributed by atoms with E-state index in [1.165, 1.54) is 16.5 Å². The van der Waals surface area contributed by atoms with Crippen molar-refractivity contribution in [2.75, 3.05) is 20.3 Å². The van der Waals surface area contributed by atoms with Gasteiger partial charge in [-0.3, -0.25) is 0 Å². The first-order valence-corrected chi connectivity index (χ1v) is 6.44. The van der Waals surface area contributed by atoms with Gasteiger partial charge in [0.25, 0.3) is 0 Å². The molecular weight excluding hydrogens is 224 g/mol. The van der Waals surface area contributed by atoms with Crippen molar-refractivity contribution in [1.82, 2.24) is 10.3 Å². The number of hydrogen-bond donors (Lipinski definition) is 2. The maximum atomic E-state index is 5.55. The summed E-state index contributed by atoms with van der Waals surface area (Å²) in [6, 6.07) is 8.47. The highest BCUT2D eigenvalue weighted by molar-refractivity contribution is 5.84. The van der Waals surface area contributed by atoms with E-state index < -0.39 is 0 Å². The van der Waals surface area contributed by atoms with Crippen molar-refractivity contribution >= 4 is 10.9 Å². The highest BCUT2D eigenvalue weighted by Gasteiger charge is 2.52. The molecular formula is C15H20N2O. The zero-order chi connectivity index (χ0) is 12.8. The standard InChI is InChI=1S/C15H20N2O/c1-14(2,16-3)15(9-18-10-15)12-8-17-13-7-5-4-6-11(12)13/h4-8,16-17H,9-10H2,1-3H3. The van der Waals surface area contributed by atoms with Crippen LogP contribution < -0.4 is 5.32 Å². The summed E-state index contributed by atoms with van der Waals surface area (Å²) in [5.74, 6) is 0. The normalized spacial score (nSPS) is 18.8. The van der Waals surface area contributed by atoms with E-state index in [0.717, 1.165) is 13.2 Å². The van der Waals surface area contributed by atoms with Gasteiger partial charge in [-0.25, -0.2) is 0 Å². The van der Waals surface area contributed by atoms with Crippen LogP contribution in [0.3, 0.4) is 0 Å². The molecule has 3 nitrogen and oxygen atoms in total. The van der Waals surface area contributed by atoms with E-state index >= 15 is 0 Å². The van der Waals surface area contributed by atoms with Gasteiger partial charge in [0.1, 0.15) is 0 Å². The Balaban J connectivity index is 2.18. The molecule has 0 amide bonds. The van der Waals surface area contributed by atoms with Gasteiger partial charge < -0.3 is 15.0 Å². The van der Waals surface area contributed by atoms with Crippen LogP contribution in [0.15, 0.2) is 30.5 Å². The van der Waals surface area contributed by atoms with Crippen LogP contribution in [0.2, 0.25) is 0 Å². The molecule has 1 fully saturated rings. The number of likely N-dealkylation sites (N-methyl/N-ethyl adjacent to an activating group) is 1. The molecule has 3 heteroatoms. The monoisotopic (exact) mass is 244 g/mol. The second kappa shape index (κ2) is 3.84.